The van der Waals surface area contributed by atoms with E-state index < -0.39 is 18.0 Å². The van der Waals surface area contributed by atoms with E-state index in [1.807, 2.05) is 6.92 Å². The topological polar surface area (TPSA) is 97.6 Å². The molecule has 2 N–H and O–H groups in total. The third-order valence-corrected chi connectivity index (χ3v) is 5.73. The zero-order chi connectivity index (χ0) is 19.4. The Morgan fingerprint density at radius 1 is 1.33 bits per heavy atom. The molecule has 7 nitrogen and oxygen atoms in total. The van der Waals surface area contributed by atoms with Crippen molar-refractivity contribution < 1.29 is 23.5 Å². The molecular formula is C20H28N2O5. The molecule has 148 valence electrons. The minimum atomic E-state index is -0.725. The van der Waals surface area contributed by atoms with Gasteiger partial charge in [0, 0.05) is 0 Å². The van der Waals surface area contributed by atoms with Crippen LogP contribution in [0.1, 0.15) is 62.9 Å². The van der Waals surface area contributed by atoms with E-state index in [-0.39, 0.29) is 35.6 Å². The summed E-state index contributed by atoms with van der Waals surface area (Å²) in [5.41, 5.74) is -0.00120. The second kappa shape index (κ2) is 8.25. The first-order valence-corrected chi connectivity index (χ1v) is 9.71. The Hall–Kier alpha value is -2.15. The normalized spacial score (nSPS) is 25.3. The molecule has 1 aromatic rings. The number of ether oxygens (including phenoxy) is 1. The minimum absolute atomic E-state index is 0.00120. The zero-order valence-corrected chi connectivity index (χ0v) is 16.0. The summed E-state index contributed by atoms with van der Waals surface area (Å²) in [6.45, 7) is 4.08. The largest absolute Gasteiger partial charge is 0.459 e. The number of Topliss-reactive ketones (excluding diaryl/α,β-unsaturated/α-hetero) is 1. The molecule has 0 spiro atoms. The van der Waals surface area contributed by atoms with Gasteiger partial charge in [-0.15, -0.1) is 0 Å². The predicted octanol–water partition coefficient (Wildman–Crippen LogP) is 2.21. The lowest BCUT2D eigenvalue weighted by Crippen LogP contribution is -2.54. The molecule has 0 bridgehead atoms. The van der Waals surface area contributed by atoms with Gasteiger partial charge in [0.15, 0.2) is 11.5 Å². The van der Waals surface area contributed by atoms with E-state index in [2.05, 4.69) is 17.6 Å². The molecule has 2 fully saturated rings. The van der Waals surface area contributed by atoms with Crippen LogP contribution in [0.3, 0.4) is 0 Å². The van der Waals surface area contributed by atoms with Gasteiger partial charge in [-0.2, -0.15) is 0 Å². The van der Waals surface area contributed by atoms with Crippen LogP contribution < -0.4 is 10.6 Å². The quantitative estimate of drug-likeness (QED) is 0.760. The summed E-state index contributed by atoms with van der Waals surface area (Å²) in [5.74, 6) is -0.734. The molecule has 3 atom stereocenters. The van der Waals surface area contributed by atoms with Crippen LogP contribution in [-0.2, 0) is 14.3 Å². The number of amides is 2. The molecule has 0 radical (unpaired) electrons. The Labute approximate surface area is 159 Å². The molecule has 3 rings (SSSR count). The Balaban J connectivity index is 1.72. The van der Waals surface area contributed by atoms with Crippen molar-refractivity contribution in [2.75, 3.05) is 6.61 Å². The average molecular weight is 376 g/mol. The van der Waals surface area contributed by atoms with E-state index in [1.54, 1.807) is 12.1 Å². The molecule has 0 aromatic carbocycles. The van der Waals surface area contributed by atoms with Crippen LogP contribution in [0.4, 0.5) is 0 Å². The number of ketones is 1. The van der Waals surface area contributed by atoms with Gasteiger partial charge in [-0.25, -0.2) is 0 Å². The Morgan fingerprint density at radius 2 is 2.07 bits per heavy atom. The summed E-state index contributed by atoms with van der Waals surface area (Å²) in [6, 6.07) is 1.81. The van der Waals surface area contributed by atoms with Crippen LogP contribution in [-0.4, -0.2) is 42.4 Å². The van der Waals surface area contributed by atoms with Gasteiger partial charge in [-0.05, 0) is 43.2 Å². The molecule has 1 aliphatic carbocycles. The maximum Gasteiger partial charge on any atom is 0.287 e. The fraction of sp³-hybridized carbons (Fsp3) is 0.650. The Morgan fingerprint density at radius 3 is 2.70 bits per heavy atom. The molecule has 2 aliphatic rings. The average Bonchev–Trinajstić information content (AvgIpc) is 3.37. The Kier molecular flexibility index (Phi) is 5.99. The fourth-order valence-corrected chi connectivity index (χ4v) is 4.14. The lowest BCUT2D eigenvalue weighted by molar-refractivity contribution is -0.128. The Bertz CT molecular complexity index is 679. The second-order valence-corrected chi connectivity index (χ2v) is 7.94. The maximum atomic E-state index is 13.0. The summed E-state index contributed by atoms with van der Waals surface area (Å²) < 4.78 is 10.6. The van der Waals surface area contributed by atoms with Crippen molar-refractivity contribution in [3.05, 3.63) is 24.2 Å². The minimum Gasteiger partial charge on any atom is -0.459 e. The summed E-state index contributed by atoms with van der Waals surface area (Å²) in [4.78, 5) is 37.5. The molecular weight excluding hydrogens is 348 g/mol. The monoisotopic (exact) mass is 376 g/mol. The van der Waals surface area contributed by atoms with Crippen molar-refractivity contribution in [1.82, 2.24) is 10.6 Å². The molecule has 2 amide bonds. The van der Waals surface area contributed by atoms with Crippen LogP contribution in [0.15, 0.2) is 22.8 Å². The molecule has 7 heteroatoms. The van der Waals surface area contributed by atoms with Crippen molar-refractivity contribution in [1.29, 1.82) is 0 Å². The van der Waals surface area contributed by atoms with E-state index in [0.717, 1.165) is 25.7 Å². The van der Waals surface area contributed by atoms with E-state index >= 15 is 0 Å². The van der Waals surface area contributed by atoms with Gasteiger partial charge in [-0.3, -0.25) is 14.4 Å². The van der Waals surface area contributed by atoms with Crippen molar-refractivity contribution >= 4 is 17.6 Å². The zero-order valence-electron chi connectivity index (χ0n) is 16.0. The van der Waals surface area contributed by atoms with Crippen molar-refractivity contribution in [3.8, 4) is 0 Å². The number of rotatable bonds is 7. The molecule has 1 aliphatic heterocycles. The number of carbonyl (C=O) groups excluding carboxylic acids is 3. The van der Waals surface area contributed by atoms with Crippen LogP contribution in [0, 0.1) is 5.41 Å². The third-order valence-electron chi connectivity index (χ3n) is 5.73. The summed E-state index contributed by atoms with van der Waals surface area (Å²) >= 11 is 0. The SMILES string of the molecule is CC[C@@H]1OCC(=O)C1NC(=O)[C@H](CC1(C)CCCC1)NC(=O)c1ccco1. The van der Waals surface area contributed by atoms with Crippen molar-refractivity contribution in [2.24, 2.45) is 5.41 Å². The molecule has 1 unspecified atom stereocenters. The first-order chi connectivity index (χ1) is 12.9. The highest BCUT2D eigenvalue weighted by Crippen LogP contribution is 2.41. The van der Waals surface area contributed by atoms with Crippen LogP contribution in [0.25, 0.3) is 0 Å². The summed E-state index contributed by atoms with van der Waals surface area (Å²) in [7, 11) is 0. The van der Waals surface area contributed by atoms with Gasteiger partial charge in [0.05, 0.1) is 12.4 Å². The smallest absolute Gasteiger partial charge is 0.287 e. The first kappa shape index (κ1) is 19.6. The predicted molar refractivity (Wildman–Crippen MR) is 98.1 cm³/mol. The summed E-state index contributed by atoms with van der Waals surface area (Å²) in [5, 5.41) is 5.61. The van der Waals surface area contributed by atoms with Crippen molar-refractivity contribution in [3.63, 3.8) is 0 Å². The summed E-state index contributed by atoms with van der Waals surface area (Å²) in [6.07, 6.45) is 6.58. The van der Waals surface area contributed by atoms with Crippen LogP contribution in [0.2, 0.25) is 0 Å². The van der Waals surface area contributed by atoms with Gasteiger partial charge < -0.3 is 19.8 Å². The van der Waals surface area contributed by atoms with Gasteiger partial charge in [0.2, 0.25) is 5.91 Å². The van der Waals surface area contributed by atoms with Gasteiger partial charge >= 0.3 is 0 Å². The number of hydrogen-bond acceptors (Lipinski definition) is 5. The molecule has 1 saturated carbocycles. The van der Waals surface area contributed by atoms with Gasteiger partial charge in [0.1, 0.15) is 18.7 Å². The molecule has 27 heavy (non-hydrogen) atoms. The highest BCUT2D eigenvalue weighted by atomic mass is 16.5. The number of furan rings is 1. The molecule has 1 aromatic heterocycles. The number of nitrogens with one attached hydrogen (secondary N) is 2. The van der Waals surface area contributed by atoms with Gasteiger partial charge in [0.25, 0.3) is 5.91 Å². The number of carbonyl (C=O) groups is 3. The third kappa shape index (κ3) is 4.58. The van der Waals surface area contributed by atoms with E-state index in [1.165, 1.54) is 6.26 Å². The van der Waals surface area contributed by atoms with Crippen LogP contribution in [0.5, 0.6) is 0 Å². The van der Waals surface area contributed by atoms with E-state index in [9.17, 15) is 14.4 Å². The van der Waals surface area contributed by atoms with Gasteiger partial charge in [-0.1, -0.05) is 26.7 Å². The first-order valence-electron chi connectivity index (χ1n) is 9.71. The molecule has 2 heterocycles. The lowest BCUT2D eigenvalue weighted by atomic mass is 9.81. The number of hydrogen-bond donors (Lipinski definition) is 2. The standard InChI is InChI=1S/C20H28N2O5/c1-3-15-17(14(23)12-27-15)22-18(24)13(11-20(2)8-4-5-9-20)21-19(25)16-7-6-10-26-16/h6-7,10,13,15,17H,3-5,8-9,11-12H2,1-2H3,(H,21,25)(H,22,24)/t13-,15-,17?/m0/s1. The van der Waals surface area contributed by atoms with E-state index in [4.69, 9.17) is 9.15 Å². The highest BCUT2D eigenvalue weighted by Gasteiger charge is 2.40. The van der Waals surface area contributed by atoms with Crippen LogP contribution >= 0.6 is 0 Å². The maximum absolute atomic E-state index is 13.0. The molecule has 1 saturated heterocycles. The second-order valence-electron chi connectivity index (χ2n) is 7.94. The van der Waals surface area contributed by atoms with Crippen molar-refractivity contribution in [2.45, 2.75) is 70.6 Å². The highest BCUT2D eigenvalue weighted by molar-refractivity contribution is 5.97. The van der Waals surface area contributed by atoms with E-state index in [0.29, 0.717) is 12.8 Å². The fourth-order valence-electron chi connectivity index (χ4n) is 4.14. The lowest BCUT2D eigenvalue weighted by Gasteiger charge is -2.30.